The molecule has 0 bridgehead atoms. The topological polar surface area (TPSA) is 43.2 Å². The Kier molecular flexibility index (Phi) is 5.55. The lowest BCUT2D eigenvalue weighted by Crippen LogP contribution is -2.38. The van der Waals surface area contributed by atoms with Crippen molar-refractivity contribution in [2.24, 2.45) is 7.05 Å². The molecule has 0 aliphatic carbocycles. The van der Waals surface area contributed by atoms with Crippen LogP contribution in [-0.2, 0) is 24.8 Å². The zero-order valence-corrected chi connectivity index (χ0v) is 16.9. The Morgan fingerprint density at radius 1 is 1.04 bits per heavy atom. The zero-order valence-electron chi connectivity index (χ0n) is 16.9. The lowest BCUT2D eigenvalue weighted by atomic mass is 10.0. The van der Waals surface area contributed by atoms with Gasteiger partial charge in [0, 0.05) is 44.1 Å². The largest absolute Gasteiger partial charge is 0.369 e. The van der Waals surface area contributed by atoms with E-state index >= 15 is 0 Å². The number of aromatic nitrogens is 3. The Bertz CT molecular complexity index is 915. The second-order valence-corrected chi connectivity index (χ2v) is 7.73. The van der Waals surface area contributed by atoms with Crippen LogP contribution in [0, 0.1) is 13.8 Å². The molecule has 5 heteroatoms. The van der Waals surface area contributed by atoms with Gasteiger partial charge in [-0.05, 0) is 37.5 Å². The van der Waals surface area contributed by atoms with Crippen LogP contribution in [0.1, 0.15) is 39.7 Å². The average Bonchev–Trinajstić information content (AvgIpc) is 3.03. The molecule has 28 heavy (non-hydrogen) atoms. The third-order valence-corrected chi connectivity index (χ3v) is 5.59. The monoisotopic (exact) mass is 376 g/mol. The highest BCUT2D eigenvalue weighted by atomic mass is 16.5. The van der Waals surface area contributed by atoms with Crippen LogP contribution in [0.15, 0.2) is 48.8 Å². The molecule has 2 aromatic heterocycles. The summed E-state index contributed by atoms with van der Waals surface area (Å²) in [6.45, 7) is 7.68. The number of morpholine rings is 1. The van der Waals surface area contributed by atoms with Gasteiger partial charge in [0.05, 0.1) is 18.5 Å². The van der Waals surface area contributed by atoms with Crippen molar-refractivity contribution in [2.75, 3.05) is 19.7 Å². The molecule has 1 aromatic carbocycles. The van der Waals surface area contributed by atoms with E-state index in [0.717, 1.165) is 38.4 Å². The third-order valence-electron chi connectivity index (χ3n) is 5.59. The smallest absolute Gasteiger partial charge is 0.112 e. The molecule has 0 saturated carbocycles. The number of hydrogen-bond donors (Lipinski definition) is 0. The third kappa shape index (κ3) is 4.32. The van der Waals surface area contributed by atoms with E-state index in [9.17, 15) is 0 Å². The summed E-state index contributed by atoms with van der Waals surface area (Å²) in [5, 5.41) is 4.35. The molecule has 1 aliphatic heterocycles. The lowest BCUT2D eigenvalue weighted by Gasteiger charge is -2.32. The van der Waals surface area contributed by atoms with Crippen molar-refractivity contribution in [1.29, 1.82) is 0 Å². The number of benzene rings is 1. The number of aryl methyl sites for hydroxylation is 2. The van der Waals surface area contributed by atoms with Crippen molar-refractivity contribution in [2.45, 2.75) is 32.9 Å². The SMILES string of the molecule is Cc1ccc(Cc2ccc(C3CN(Cc4cnn(C)c4C)CCO3)nc2)cc1. The summed E-state index contributed by atoms with van der Waals surface area (Å²) >= 11 is 0. The Morgan fingerprint density at radius 3 is 2.50 bits per heavy atom. The molecule has 1 atom stereocenters. The first-order valence-corrected chi connectivity index (χ1v) is 9.90. The molecule has 1 fully saturated rings. The van der Waals surface area contributed by atoms with Crippen LogP contribution < -0.4 is 0 Å². The van der Waals surface area contributed by atoms with Gasteiger partial charge in [0.25, 0.3) is 0 Å². The summed E-state index contributed by atoms with van der Waals surface area (Å²) in [5.41, 5.74) is 7.35. The van der Waals surface area contributed by atoms with Crippen LogP contribution in [0.4, 0.5) is 0 Å². The Labute approximate surface area is 167 Å². The van der Waals surface area contributed by atoms with Crippen molar-refractivity contribution < 1.29 is 4.74 Å². The minimum atomic E-state index is 0.0270. The number of rotatable bonds is 5. The highest BCUT2D eigenvalue weighted by Crippen LogP contribution is 2.23. The van der Waals surface area contributed by atoms with Gasteiger partial charge in [-0.15, -0.1) is 0 Å². The molecule has 5 nitrogen and oxygen atoms in total. The molecule has 3 aromatic rings. The average molecular weight is 377 g/mol. The number of pyridine rings is 1. The van der Waals surface area contributed by atoms with E-state index in [1.807, 2.05) is 24.1 Å². The van der Waals surface area contributed by atoms with E-state index in [2.05, 4.69) is 60.2 Å². The van der Waals surface area contributed by atoms with Gasteiger partial charge in [-0.2, -0.15) is 5.10 Å². The standard InChI is InChI=1S/C23H28N4O/c1-17-4-6-19(7-5-17)12-20-8-9-22(24-13-20)23-16-27(10-11-28-23)15-21-14-25-26(3)18(21)2/h4-9,13-14,23H,10-12,15-16H2,1-3H3. The molecule has 1 unspecified atom stereocenters. The van der Waals surface area contributed by atoms with Crippen molar-refractivity contribution in [3.05, 3.63) is 82.4 Å². The van der Waals surface area contributed by atoms with E-state index in [4.69, 9.17) is 9.72 Å². The first kappa shape index (κ1) is 18.8. The summed E-state index contributed by atoms with van der Waals surface area (Å²) in [7, 11) is 1.99. The maximum atomic E-state index is 6.01. The van der Waals surface area contributed by atoms with Gasteiger partial charge in [-0.1, -0.05) is 35.9 Å². The van der Waals surface area contributed by atoms with Gasteiger partial charge >= 0.3 is 0 Å². The maximum absolute atomic E-state index is 6.01. The van der Waals surface area contributed by atoms with Gasteiger partial charge < -0.3 is 4.74 Å². The second kappa shape index (κ2) is 8.25. The summed E-state index contributed by atoms with van der Waals surface area (Å²) in [4.78, 5) is 7.14. The molecular formula is C23H28N4O. The molecule has 0 radical (unpaired) electrons. The summed E-state index contributed by atoms with van der Waals surface area (Å²) in [6.07, 6.45) is 4.89. The van der Waals surface area contributed by atoms with E-state index in [-0.39, 0.29) is 6.10 Å². The number of ether oxygens (including phenoxy) is 1. The van der Waals surface area contributed by atoms with E-state index < -0.39 is 0 Å². The van der Waals surface area contributed by atoms with Crippen molar-refractivity contribution in [3.8, 4) is 0 Å². The molecular weight excluding hydrogens is 348 g/mol. The van der Waals surface area contributed by atoms with Gasteiger partial charge in [0.2, 0.25) is 0 Å². The van der Waals surface area contributed by atoms with Crippen LogP contribution in [0.25, 0.3) is 0 Å². The van der Waals surface area contributed by atoms with E-state index in [1.54, 1.807) is 0 Å². The first-order valence-electron chi connectivity index (χ1n) is 9.90. The molecule has 0 N–H and O–H groups in total. The first-order chi connectivity index (χ1) is 13.6. The zero-order chi connectivity index (χ0) is 19.5. The van der Waals surface area contributed by atoms with Crippen LogP contribution in [0.5, 0.6) is 0 Å². The van der Waals surface area contributed by atoms with Crippen molar-refractivity contribution in [3.63, 3.8) is 0 Å². The molecule has 0 amide bonds. The fraction of sp³-hybridized carbons (Fsp3) is 0.391. The van der Waals surface area contributed by atoms with E-state index in [0.29, 0.717) is 0 Å². The predicted octanol–water partition coefficient (Wildman–Crippen LogP) is 3.60. The fourth-order valence-electron chi connectivity index (χ4n) is 3.64. The van der Waals surface area contributed by atoms with E-state index in [1.165, 1.54) is 27.9 Å². The molecule has 1 aliphatic rings. The Balaban J connectivity index is 1.39. The van der Waals surface area contributed by atoms with Crippen molar-refractivity contribution in [1.82, 2.24) is 19.7 Å². The Hall–Kier alpha value is -2.50. The summed E-state index contributed by atoms with van der Waals surface area (Å²) < 4.78 is 7.95. The second-order valence-electron chi connectivity index (χ2n) is 7.73. The fourth-order valence-corrected chi connectivity index (χ4v) is 3.64. The van der Waals surface area contributed by atoms with Crippen LogP contribution in [0.2, 0.25) is 0 Å². The van der Waals surface area contributed by atoms with Crippen molar-refractivity contribution >= 4 is 0 Å². The number of nitrogens with zero attached hydrogens (tertiary/aromatic N) is 4. The summed E-state index contributed by atoms with van der Waals surface area (Å²) in [6, 6.07) is 13.0. The molecule has 4 rings (SSSR count). The summed E-state index contributed by atoms with van der Waals surface area (Å²) in [5.74, 6) is 0. The van der Waals surface area contributed by atoms with Crippen LogP contribution >= 0.6 is 0 Å². The van der Waals surface area contributed by atoms with Crippen LogP contribution in [-0.4, -0.2) is 39.4 Å². The predicted molar refractivity (Wildman–Crippen MR) is 110 cm³/mol. The minimum absolute atomic E-state index is 0.0270. The highest BCUT2D eigenvalue weighted by Gasteiger charge is 2.23. The number of hydrogen-bond acceptors (Lipinski definition) is 4. The van der Waals surface area contributed by atoms with Crippen LogP contribution in [0.3, 0.4) is 0 Å². The van der Waals surface area contributed by atoms with Gasteiger partial charge in [-0.3, -0.25) is 14.6 Å². The van der Waals surface area contributed by atoms with Gasteiger partial charge in [0.1, 0.15) is 6.10 Å². The molecule has 1 saturated heterocycles. The quantitative estimate of drug-likeness (QED) is 0.682. The molecule has 3 heterocycles. The van der Waals surface area contributed by atoms with Gasteiger partial charge in [-0.25, -0.2) is 0 Å². The Morgan fingerprint density at radius 2 is 1.82 bits per heavy atom. The normalized spacial score (nSPS) is 17.8. The van der Waals surface area contributed by atoms with Gasteiger partial charge in [0.15, 0.2) is 0 Å². The molecule has 146 valence electrons. The lowest BCUT2D eigenvalue weighted by molar-refractivity contribution is -0.0350. The molecule has 0 spiro atoms. The highest BCUT2D eigenvalue weighted by molar-refractivity contribution is 5.28. The maximum Gasteiger partial charge on any atom is 0.112 e. The minimum Gasteiger partial charge on any atom is -0.369 e.